The van der Waals surface area contributed by atoms with Crippen LogP contribution in [-0.2, 0) is 9.53 Å². The predicted octanol–water partition coefficient (Wildman–Crippen LogP) is 4.26. The molecule has 2 amide bonds. The highest BCUT2D eigenvalue weighted by Gasteiger charge is 2.18. The molecular formula is C20H25N3O4S. The highest BCUT2D eigenvalue weighted by atomic mass is 32.1. The van der Waals surface area contributed by atoms with E-state index in [-0.39, 0.29) is 24.3 Å². The van der Waals surface area contributed by atoms with Crippen LogP contribution in [0.3, 0.4) is 0 Å². The van der Waals surface area contributed by atoms with Crippen molar-refractivity contribution in [3.05, 3.63) is 40.4 Å². The summed E-state index contributed by atoms with van der Waals surface area (Å²) in [5, 5.41) is 5.88. The van der Waals surface area contributed by atoms with Crippen molar-refractivity contribution in [3.8, 4) is 0 Å². The molecule has 0 atom stereocenters. The zero-order valence-corrected chi connectivity index (χ0v) is 17.3. The van der Waals surface area contributed by atoms with Gasteiger partial charge in [0.2, 0.25) is 5.91 Å². The van der Waals surface area contributed by atoms with Crippen LogP contribution in [-0.4, -0.2) is 29.4 Å². The van der Waals surface area contributed by atoms with E-state index in [1.807, 2.05) is 13.8 Å². The number of esters is 1. The lowest BCUT2D eigenvalue weighted by molar-refractivity contribution is -0.120. The van der Waals surface area contributed by atoms with Crippen molar-refractivity contribution in [2.45, 2.75) is 40.5 Å². The minimum Gasteiger partial charge on any atom is -0.462 e. The Hall–Kier alpha value is -2.74. The molecule has 2 N–H and O–H groups in total. The van der Waals surface area contributed by atoms with Crippen LogP contribution < -0.4 is 10.6 Å². The lowest BCUT2D eigenvalue weighted by Gasteiger charge is -2.13. The lowest BCUT2D eigenvalue weighted by Crippen LogP contribution is -2.21. The fraction of sp³-hybridized carbons (Fsp3) is 0.400. The third-order valence-electron chi connectivity index (χ3n) is 4.25. The maximum absolute atomic E-state index is 12.4. The fourth-order valence-electron chi connectivity index (χ4n) is 2.61. The van der Waals surface area contributed by atoms with E-state index < -0.39 is 5.97 Å². The van der Waals surface area contributed by atoms with Crippen molar-refractivity contribution < 1.29 is 19.1 Å². The second kappa shape index (κ2) is 9.98. The quantitative estimate of drug-likeness (QED) is 0.642. The molecule has 0 aliphatic heterocycles. The number of rotatable bonds is 8. The van der Waals surface area contributed by atoms with Gasteiger partial charge in [-0.2, -0.15) is 0 Å². The van der Waals surface area contributed by atoms with Crippen LogP contribution in [0.4, 0.5) is 10.8 Å². The van der Waals surface area contributed by atoms with Gasteiger partial charge >= 0.3 is 5.97 Å². The molecule has 0 unspecified atom stereocenters. The number of thiazole rings is 1. The number of aryl methyl sites for hydroxylation is 1. The van der Waals surface area contributed by atoms with E-state index in [9.17, 15) is 14.4 Å². The molecule has 7 nitrogen and oxygen atoms in total. The first kappa shape index (κ1) is 21.6. The zero-order valence-electron chi connectivity index (χ0n) is 16.5. The monoisotopic (exact) mass is 403 g/mol. The number of hydrogen-bond donors (Lipinski definition) is 2. The second-order valence-electron chi connectivity index (χ2n) is 6.19. The number of carbonyl (C=O) groups is 3. The fourth-order valence-corrected chi connectivity index (χ4v) is 3.47. The maximum Gasteiger partial charge on any atom is 0.350 e. The SMILES string of the molecule is CCOC(=O)c1sc(NC(=O)c2ccc(NC(=O)C(CC)CC)cc2)nc1C. The van der Waals surface area contributed by atoms with Crippen LogP contribution in [0.2, 0.25) is 0 Å². The second-order valence-corrected chi connectivity index (χ2v) is 7.19. The molecule has 0 aliphatic rings. The van der Waals surface area contributed by atoms with Gasteiger partial charge in [-0.05, 0) is 51.0 Å². The molecule has 1 aromatic carbocycles. The summed E-state index contributed by atoms with van der Waals surface area (Å²) in [7, 11) is 0. The first-order valence-electron chi connectivity index (χ1n) is 9.26. The summed E-state index contributed by atoms with van der Waals surface area (Å²) in [5.74, 6) is -0.839. The third-order valence-corrected chi connectivity index (χ3v) is 5.30. The molecule has 150 valence electrons. The van der Waals surface area contributed by atoms with Gasteiger partial charge in [0.05, 0.1) is 12.3 Å². The Morgan fingerprint density at radius 2 is 1.71 bits per heavy atom. The molecular weight excluding hydrogens is 378 g/mol. The number of amides is 2. The molecule has 1 aromatic heterocycles. The van der Waals surface area contributed by atoms with E-state index in [0.29, 0.717) is 27.0 Å². The summed E-state index contributed by atoms with van der Waals surface area (Å²) >= 11 is 1.08. The van der Waals surface area contributed by atoms with Crippen molar-refractivity contribution >= 4 is 39.9 Å². The maximum atomic E-state index is 12.4. The normalized spacial score (nSPS) is 10.6. The average Bonchev–Trinajstić information content (AvgIpc) is 3.03. The Bertz CT molecular complexity index is 842. The molecule has 28 heavy (non-hydrogen) atoms. The smallest absolute Gasteiger partial charge is 0.350 e. The van der Waals surface area contributed by atoms with Gasteiger partial charge in [-0.25, -0.2) is 9.78 Å². The van der Waals surface area contributed by atoms with E-state index in [2.05, 4.69) is 15.6 Å². The largest absolute Gasteiger partial charge is 0.462 e. The molecule has 0 saturated carbocycles. The van der Waals surface area contributed by atoms with Gasteiger partial charge in [0.15, 0.2) is 5.13 Å². The van der Waals surface area contributed by atoms with Crippen molar-refractivity contribution in [1.82, 2.24) is 4.98 Å². The molecule has 2 aromatic rings. The number of anilines is 2. The van der Waals surface area contributed by atoms with Gasteiger partial charge in [0, 0.05) is 17.2 Å². The van der Waals surface area contributed by atoms with Gasteiger partial charge in [0.1, 0.15) is 4.88 Å². The molecule has 0 fully saturated rings. The van der Waals surface area contributed by atoms with Crippen LogP contribution in [0.25, 0.3) is 0 Å². The summed E-state index contributed by atoms with van der Waals surface area (Å²) in [6.07, 6.45) is 1.56. The first-order valence-corrected chi connectivity index (χ1v) is 10.1. The van der Waals surface area contributed by atoms with E-state index in [1.54, 1.807) is 38.1 Å². The highest BCUT2D eigenvalue weighted by Crippen LogP contribution is 2.24. The molecule has 2 rings (SSSR count). The molecule has 0 radical (unpaired) electrons. The standard InChI is InChI=1S/C20H25N3O4S/c1-5-13(6-2)17(24)22-15-10-8-14(9-11-15)18(25)23-20-21-12(4)16(28-20)19(26)27-7-3/h8-11,13H,5-7H2,1-4H3,(H,22,24)(H,21,23,25). The third kappa shape index (κ3) is 5.39. The summed E-state index contributed by atoms with van der Waals surface area (Å²) in [4.78, 5) is 41.0. The van der Waals surface area contributed by atoms with Crippen molar-refractivity contribution in [2.24, 2.45) is 5.92 Å². The highest BCUT2D eigenvalue weighted by molar-refractivity contribution is 7.17. The Morgan fingerprint density at radius 3 is 2.29 bits per heavy atom. The first-order chi connectivity index (χ1) is 13.4. The molecule has 0 bridgehead atoms. The number of benzene rings is 1. The Morgan fingerprint density at radius 1 is 1.07 bits per heavy atom. The minimum atomic E-state index is -0.449. The van der Waals surface area contributed by atoms with Crippen LogP contribution in [0, 0.1) is 12.8 Å². The molecule has 0 saturated heterocycles. The number of aromatic nitrogens is 1. The summed E-state index contributed by atoms with van der Waals surface area (Å²) < 4.78 is 4.97. The Balaban J connectivity index is 2.03. The number of carbonyl (C=O) groups excluding carboxylic acids is 3. The van der Waals surface area contributed by atoms with E-state index in [1.165, 1.54) is 0 Å². The van der Waals surface area contributed by atoms with Crippen molar-refractivity contribution in [3.63, 3.8) is 0 Å². The predicted molar refractivity (Wildman–Crippen MR) is 110 cm³/mol. The Kier molecular flexibility index (Phi) is 7.69. The molecule has 1 heterocycles. The van der Waals surface area contributed by atoms with Crippen LogP contribution in [0.15, 0.2) is 24.3 Å². The van der Waals surface area contributed by atoms with E-state index >= 15 is 0 Å². The minimum absolute atomic E-state index is 0.0213. The molecule has 0 spiro atoms. The van der Waals surface area contributed by atoms with Crippen molar-refractivity contribution in [1.29, 1.82) is 0 Å². The number of hydrogen-bond acceptors (Lipinski definition) is 6. The van der Waals surface area contributed by atoms with Crippen LogP contribution in [0.5, 0.6) is 0 Å². The van der Waals surface area contributed by atoms with E-state index in [4.69, 9.17) is 4.74 Å². The van der Waals surface area contributed by atoms with Gasteiger partial charge in [0.25, 0.3) is 5.91 Å². The van der Waals surface area contributed by atoms with E-state index in [0.717, 1.165) is 24.2 Å². The molecule has 8 heteroatoms. The number of nitrogens with zero attached hydrogens (tertiary/aromatic N) is 1. The average molecular weight is 404 g/mol. The summed E-state index contributed by atoms with van der Waals surface area (Å²) in [5.41, 5.74) is 1.58. The molecule has 0 aliphatic carbocycles. The Labute approximate surface area is 168 Å². The number of nitrogens with one attached hydrogen (secondary N) is 2. The van der Waals surface area contributed by atoms with Crippen LogP contribution >= 0.6 is 11.3 Å². The van der Waals surface area contributed by atoms with Crippen LogP contribution in [0.1, 0.15) is 59.3 Å². The topological polar surface area (TPSA) is 97.4 Å². The van der Waals surface area contributed by atoms with Crippen molar-refractivity contribution in [2.75, 3.05) is 17.2 Å². The summed E-state index contributed by atoms with van der Waals surface area (Å²) in [6, 6.07) is 6.63. The van der Waals surface area contributed by atoms with Gasteiger partial charge < -0.3 is 10.1 Å². The summed E-state index contributed by atoms with van der Waals surface area (Å²) in [6.45, 7) is 7.66. The lowest BCUT2D eigenvalue weighted by atomic mass is 10.0. The van der Waals surface area contributed by atoms with Gasteiger partial charge in [-0.15, -0.1) is 0 Å². The van der Waals surface area contributed by atoms with Gasteiger partial charge in [-0.1, -0.05) is 25.2 Å². The number of ether oxygens (including phenoxy) is 1. The van der Waals surface area contributed by atoms with Gasteiger partial charge in [-0.3, -0.25) is 14.9 Å². The zero-order chi connectivity index (χ0) is 20.7.